The number of rotatable bonds is 6. The Labute approximate surface area is 151 Å². The van der Waals surface area contributed by atoms with Crippen LogP contribution in [0.15, 0.2) is 51.7 Å². The van der Waals surface area contributed by atoms with Crippen molar-refractivity contribution in [3.05, 3.63) is 71.3 Å². The van der Waals surface area contributed by atoms with E-state index >= 15 is 0 Å². The molecule has 3 aromatic heterocycles. The molecule has 0 saturated heterocycles. The van der Waals surface area contributed by atoms with E-state index in [4.69, 9.17) is 8.83 Å². The molecule has 0 N–H and O–H groups in total. The lowest BCUT2D eigenvalue weighted by atomic mass is 10.2. The third-order valence-corrected chi connectivity index (χ3v) is 4.71. The summed E-state index contributed by atoms with van der Waals surface area (Å²) in [7, 11) is 1.98. The van der Waals surface area contributed by atoms with Gasteiger partial charge in [0.25, 0.3) is 0 Å². The second-order valence-electron chi connectivity index (χ2n) is 6.47. The molecule has 0 aliphatic heterocycles. The number of amides is 1. The van der Waals surface area contributed by atoms with E-state index in [2.05, 4.69) is 5.10 Å². The molecule has 0 saturated carbocycles. The van der Waals surface area contributed by atoms with Crippen LogP contribution in [0.25, 0.3) is 6.08 Å². The molecular formula is C20H21N3O3. The zero-order valence-electron chi connectivity index (χ0n) is 14.7. The molecular weight excluding hydrogens is 330 g/mol. The molecule has 0 bridgehead atoms. The Morgan fingerprint density at radius 2 is 2.08 bits per heavy atom. The molecule has 0 radical (unpaired) electrons. The quantitative estimate of drug-likeness (QED) is 0.639. The number of carbonyl (C=O) groups excluding carboxylic acids is 1. The first-order valence-electron chi connectivity index (χ1n) is 8.77. The highest BCUT2D eigenvalue weighted by molar-refractivity contribution is 5.91. The number of hydrogen-bond acceptors (Lipinski definition) is 4. The van der Waals surface area contributed by atoms with Crippen LogP contribution in [0.5, 0.6) is 0 Å². The minimum absolute atomic E-state index is 0.102. The van der Waals surface area contributed by atoms with Crippen molar-refractivity contribution in [3.63, 3.8) is 0 Å². The van der Waals surface area contributed by atoms with E-state index in [9.17, 15) is 4.79 Å². The highest BCUT2D eigenvalue weighted by Crippen LogP contribution is 2.26. The molecule has 1 aliphatic rings. The van der Waals surface area contributed by atoms with Gasteiger partial charge in [0.15, 0.2) is 0 Å². The number of aryl methyl sites for hydroxylation is 1. The van der Waals surface area contributed by atoms with Crippen molar-refractivity contribution in [3.8, 4) is 0 Å². The van der Waals surface area contributed by atoms with Crippen LogP contribution in [0.4, 0.5) is 0 Å². The molecule has 3 heterocycles. The molecule has 134 valence electrons. The molecule has 0 fully saturated rings. The first-order chi connectivity index (χ1) is 12.7. The fraction of sp³-hybridized carbons (Fsp3) is 0.300. The number of furan rings is 2. The Morgan fingerprint density at radius 1 is 1.23 bits per heavy atom. The van der Waals surface area contributed by atoms with E-state index in [-0.39, 0.29) is 5.91 Å². The lowest BCUT2D eigenvalue weighted by Gasteiger charge is -2.19. The van der Waals surface area contributed by atoms with Gasteiger partial charge in [0.2, 0.25) is 5.91 Å². The van der Waals surface area contributed by atoms with Gasteiger partial charge in [-0.1, -0.05) is 0 Å². The van der Waals surface area contributed by atoms with E-state index in [1.54, 1.807) is 29.6 Å². The van der Waals surface area contributed by atoms with Crippen LogP contribution >= 0.6 is 0 Å². The molecule has 0 spiro atoms. The van der Waals surface area contributed by atoms with Crippen molar-refractivity contribution < 1.29 is 13.6 Å². The van der Waals surface area contributed by atoms with E-state index < -0.39 is 0 Å². The van der Waals surface area contributed by atoms with E-state index in [1.807, 2.05) is 29.9 Å². The van der Waals surface area contributed by atoms with Crippen molar-refractivity contribution in [2.45, 2.75) is 32.4 Å². The average molecular weight is 351 g/mol. The summed E-state index contributed by atoms with van der Waals surface area (Å²) in [5, 5.41) is 4.64. The summed E-state index contributed by atoms with van der Waals surface area (Å²) in [6.45, 7) is 0.866. The van der Waals surface area contributed by atoms with Crippen molar-refractivity contribution >= 4 is 12.0 Å². The van der Waals surface area contributed by atoms with Crippen LogP contribution in [0.2, 0.25) is 0 Å². The van der Waals surface area contributed by atoms with Gasteiger partial charge >= 0.3 is 0 Å². The highest BCUT2D eigenvalue weighted by atomic mass is 16.3. The van der Waals surface area contributed by atoms with Gasteiger partial charge in [-0.25, -0.2) is 0 Å². The van der Waals surface area contributed by atoms with Gasteiger partial charge in [-0.3, -0.25) is 9.48 Å². The minimum Gasteiger partial charge on any atom is -0.467 e. The molecule has 3 aromatic rings. The Bertz CT molecular complexity index is 905. The van der Waals surface area contributed by atoms with Gasteiger partial charge in [-0.2, -0.15) is 5.10 Å². The maximum atomic E-state index is 12.8. The van der Waals surface area contributed by atoms with Crippen LogP contribution in [-0.4, -0.2) is 20.6 Å². The normalized spacial score (nSPS) is 13.4. The minimum atomic E-state index is -0.102. The highest BCUT2D eigenvalue weighted by Gasteiger charge is 2.24. The van der Waals surface area contributed by atoms with E-state index in [0.717, 1.165) is 30.7 Å². The van der Waals surface area contributed by atoms with E-state index in [1.165, 1.54) is 17.3 Å². The number of fused-ring (bicyclic) bond motifs is 1. The fourth-order valence-corrected chi connectivity index (χ4v) is 3.45. The molecule has 1 aliphatic carbocycles. The number of carbonyl (C=O) groups is 1. The lowest BCUT2D eigenvalue weighted by Crippen LogP contribution is -2.29. The van der Waals surface area contributed by atoms with Gasteiger partial charge in [-0.15, -0.1) is 0 Å². The number of hydrogen-bond donors (Lipinski definition) is 0. The number of nitrogens with zero attached hydrogens (tertiary/aromatic N) is 3. The second-order valence-corrected chi connectivity index (χ2v) is 6.47. The summed E-state index contributed by atoms with van der Waals surface area (Å²) < 4.78 is 12.6. The zero-order chi connectivity index (χ0) is 17.9. The monoisotopic (exact) mass is 351 g/mol. The summed E-state index contributed by atoms with van der Waals surface area (Å²) in [5.41, 5.74) is 3.56. The Kier molecular flexibility index (Phi) is 4.48. The van der Waals surface area contributed by atoms with Crippen LogP contribution in [0.3, 0.4) is 0 Å². The molecule has 0 atom stereocenters. The lowest BCUT2D eigenvalue weighted by molar-refractivity contribution is -0.127. The topological polar surface area (TPSA) is 64.4 Å². The largest absolute Gasteiger partial charge is 0.467 e. The van der Waals surface area contributed by atoms with Crippen LogP contribution < -0.4 is 0 Å². The van der Waals surface area contributed by atoms with E-state index in [0.29, 0.717) is 18.8 Å². The predicted octanol–water partition coefficient (Wildman–Crippen LogP) is 3.34. The van der Waals surface area contributed by atoms with Crippen LogP contribution in [0, 0.1) is 0 Å². The summed E-state index contributed by atoms with van der Waals surface area (Å²) >= 11 is 0. The maximum absolute atomic E-state index is 12.8. The first kappa shape index (κ1) is 16.4. The van der Waals surface area contributed by atoms with Crippen molar-refractivity contribution in [1.29, 1.82) is 0 Å². The smallest absolute Gasteiger partial charge is 0.247 e. The molecule has 6 heteroatoms. The Balaban J connectivity index is 1.56. The van der Waals surface area contributed by atoms with Gasteiger partial charge < -0.3 is 13.7 Å². The first-order valence-corrected chi connectivity index (χ1v) is 8.77. The Hall–Kier alpha value is -3.02. The third-order valence-electron chi connectivity index (χ3n) is 4.71. The molecule has 0 aromatic carbocycles. The van der Waals surface area contributed by atoms with Gasteiger partial charge in [0.1, 0.15) is 11.5 Å². The maximum Gasteiger partial charge on any atom is 0.247 e. The standard InChI is InChI=1S/C20H21N3O3/c1-22-19-8-2-7-17(19)18(21-22)14-23(13-16-6-4-12-26-16)20(24)10-9-15-5-3-11-25-15/h3-6,9-12H,2,7-8,13-14H2,1H3. The molecule has 26 heavy (non-hydrogen) atoms. The summed E-state index contributed by atoms with van der Waals surface area (Å²) in [4.78, 5) is 14.5. The van der Waals surface area contributed by atoms with Crippen molar-refractivity contribution in [1.82, 2.24) is 14.7 Å². The van der Waals surface area contributed by atoms with Gasteiger partial charge in [0.05, 0.1) is 31.3 Å². The summed E-state index contributed by atoms with van der Waals surface area (Å²) in [6, 6.07) is 7.31. The number of aromatic nitrogens is 2. The molecule has 4 rings (SSSR count). The average Bonchev–Trinajstić information content (AvgIpc) is 3.41. The SMILES string of the molecule is Cn1nc(CN(Cc2ccco2)C(=O)C=Cc2ccco2)c2c1CCC2. The summed E-state index contributed by atoms with van der Waals surface area (Å²) in [6.07, 6.45) is 9.66. The molecule has 0 unspecified atom stereocenters. The predicted molar refractivity (Wildman–Crippen MR) is 95.9 cm³/mol. The Morgan fingerprint density at radius 3 is 2.85 bits per heavy atom. The van der Waals surface area contributed by atoms with Gasteiger partial charge in [-0.05, 0) is 55.2 Å². The molecule has 6 nitrogen and oxygen atoms in total. The second kappa shape index (κ2) is 7.07. The third kappa shape index (κ3) is 3.35. The van der Waals surface area contributed by atoms with Crippen molar-refractivity contribution in [2.24, 2.45) is 7.05 Å². The molecule has 1 amide bonds. The summed E-state index contributed by atoms with van der Waals surface area (Å²) in [5.74, 6) is 1.29. The zero-order valence-corrected chi connectivity index (χ0v) is 14.7. The fourth-order valence-electron chi connectivity index (χ4n) is 3.45. The van der Waals surface area contributed by atoms with Crippen LogP contribution in [0.1, 0.15) is 34.9 Å². The van der Waals surface area contributed by atoms with Crippen molar-refractivity contribution in [2.75, 3.05) is 0 Å². The van der Waals surface area contributed by atoms with Gasteiger partial charge in [0, 0.05) is 18.8 Å². The van der Waals surface area contributed by atoms with Crippen LogP contribution in [-0.2, 0) is 37.8 Å².